The number of aryl methyl sites for hydroxylation is 1. The van der Waals surface area contributed by atoms with Gasteiger partial charge >= 0.3 is 12.1 Å². The van der Waals surface area contributed by atoms with E-state index in [2.05, 4.69) is 24.5 Å². The third-order valence-electron chi connectivity index (χ3n) is 7.97. The number of para-hydroxylation sites is 1. The smallest absolute Gasteiger partial charge is 0.408 e. The molecule has 3 N–H and O–H groups in total. The van der Waals surface area contributed by atoms with Crippen molar-refractivity contribution < 1.29 is 33.8 Å². The van der Waals surface area contributed by atoms with E-state index in [1.165, 1.54) is 4.90 Å². The summed E-state index contributed by atoms with van der Waals surface area (Å²) in [7, 11) is 0. The van der Waals surface area contributed by atoms with Crippen LogP contribution in [0, 0.1) is 18.8 Å². The predicted octanol–water partition coefficient (Wildman–Crippen LogP) is 7.40. The zero-order chi connectivity index (χ0) is 38.0. The number of phenols is 1. The summed E-state index contributed by atoms with van der Waals surface area (Å²) in [5.41, 5.74) is -0.104. The lowest BCUT2D eigenvalue weighted by Gasteiger charge is -2.39. The number of benzene rings is 2. The quantitative estimate of drug-likeness (QED) is 0.165. The number of amides is 3. The lowest BCUT2D eigenvalue weighted by Crippen LogP contribution is -2.57. The highest BCUT2D eigenvalue weighted by Crippen LogP contribution is 2.35. The number of carbonyl (C=O) groups is 4. The lowest BCUT2D eigenvalue weighted by molar-refractivity contribution is -0.159. The fourth-order valence-corrected chi connectivity index (χ4v) is 5.62. The fourth-order valence-electron chi connectivity index (χ4n) is 5.62. The molecule has 0 aromatic heterocycles. The van der Waals surface area contributed by atoms with E-state index in [0.717, 1.165) is 12.0 Å². The van der Waals surface area contributed by atoms with Crippen LogP contribution in [0.2, 0.25) is 0 Å². The highest BCUT2D eigenvalue weighted by Gasteiger charge is 2.41. The molecule has 2 rings (SSSR count). The molecule has 0 bridgehead atoms. The van der Waals surface area contributed by atoms with Gasteiger partial charge in [-0.05, 0) is 97.6 Å². The van der Waals surface area contributed by atoms with Gasteiger partial charge in [0.2, 0.25) is 11.8 Å². The van der Waals surface area contributed by atoms with Crippen molar-refractivity contribution >= 4 is 23.9 Å². The maximum Gasteiger partial charge on any atom is 0.408 e. The summed E-state index contributed by atoms with van der Waals surface area (Å²) >= 11 is 0. The van der Waals surface area contributed by atoms with Gasteiger partial charge in [0.15, 0.2) is 0 Å². The van der Waals surface area contributed by atoms with Crippen LogP contribution in [0.15, 0.2) is 48.5 Å². The molecule has 0 heterocycles. The molecule has 2 aromatic rings. The highest BCUT2D eigenvalue weighted by atomic mass is 16.6. The van der Waals surface area contributed by atoms with Crippen molar-refractivity contribution in [3.63, 3.8) is 0 Å². The normalized spacial score (nSPS) is 14.4. The summed E-state index contributed by atoms with van der Waals surface area (Å²) in [5, 5.41) is 17.1. The van der Waals surface area contributed by atoms with Crippen molar-refractivity contribution in [2.24, 2.45) is 11.8 Å². The summed E-state index contributed by atoms with van der Waals surface area (Å²) in [6.07, 6.45) is 0.954. The number of esters is 1. The van der Waals surface area contributed by atoms with E-state index in [9.17, 15) is 24.3 Å². The largest absolute Gasteiger partial charge is 0.507 e. The Balaban J connectivity index is 2.77. The number of nitrogens with zero attached hydrogens (tertiary/aromatic N) is 1. The number of alkyl carbamates (subject to hydrolysis) is 1. The fraction of sp³-hybridized carbons (Fsp3) is 0.600. The Morgan fingerprint density at radius 3 is 1.90 bits per heavy atom. The number of phenolic OH excluding ortho intramolecular Hbond substituents is 1. The molecule has 0 fully saturated rings. The number of aromatic hydroxyl groups is 1. The van der Waals surface area contributed by atoms with Gasteiger partial charge in [-0.3, -0.25) is 9.59 Å². The summed E-state index contributed by atoms with van der Waals surface area (Å²) in [6.45, 7) is 22.1. The third kappa shape index (κ3) is 13.7. The molecule has 0 aliphatic carbocycles. The van der Waals surface area contributed by atoms with Gasteiger partial charge in [-0.2, -0.15) is 0 Å². The standard InChI is InChI=1S/C40H61N3O7/c1-25(2)21-22-28(6)43(36(46)31(23-26(3)4)42-38(48)50-40(10,11)12)33(30-20-16-17-27(5)34(30)44)35(45)41-32(37(47)49-39(7,8)9)24-29-18-14-13-15-19-29/h13-20,25-26,28,31-33,44H,21-24H2,1-12H3,(H,41,45)(H,42,48). The highest BCUT2D eigenvalue weighted by molar-refractivity contribution is 5.94. The first kappa shape index (κ1) is 42.1. The van der Waals surface area contributed by atoms with Gasteiger partial charge in [-0.15, -0.1) is 0 Å². The molecule has 0 aliphatic rings. The molecule has 3 amide bonds. The van der Waals surface area contributed by atoms with Crippen molar-refractivity contribution in [3.8, 4) is 5.75 Å². The Bertz CT molecular complexity index is 1430. The lowest BCUT2D eigenvalue weighted by atomic mass is 9.93. The minimum Gasteiger partial charge on any atom is -0.507 e. The molecule has 2 aromatic carbocycles. The van der Waals surface area contributed by atoms with Crippen LogP contribution in [0.4, 0.5) is 4.79 Å². The number of nitrogens with one attached hydrogen (secondary N) is 2. The van der Waals surface area contributed by atoms with Gasteiger partial charge in [0.1, 0.15) is 35.1 Å². The maximum atomic E-state index is 14.9. The van der Waals surface area contributed by atoms with Crippen molar-refractivity contribution in [1.82, 2.24) is 15.5 Å². The van der Waals surface area contributed by atoms with Gasteiger partial charge in [0.25, 0.3) is 0 Å². The van der Waals surface area contributed by atoms with E-state index in [1.54, 1.807) is 66.7 Å². The number of carbonyl (C=O) groups excluding carboxylic acids is 4. The van der Waals surface area contributed by atoms with E-state index >= 15 is 0 Å². The van der Waals surface area contributed by atoms with E-state index in [0.29, 0.717) is 17.9 Å². The second-order valence-corrected chi connectivity index (χ2v) is 16.1. The second-order valence-electron chi connectivity index (χ2n) is 16.1. The number of hydrogen-bond acceptors (Lipinski definition) is 7. The Labute approximate surface area is 299 Å². The summed E-state index contributed by atoms with van der Waals surface area (Å²) < 4.78 is 11.3. The van der Waals surface area contributed by atoms with Crippen LogP contribution < -0.4 is 10.6 Å². The first-order chi connectivity index (χ1) is 23.1. The monoisotopic (exact) mass is 695 g/mol. The minimum absolute atomic E-state index is 0.00576. The van der Waals surface area contributed by atoms with E-state index in [4.69, 9.17) is 9.47 Å². The maximum absolute atomic E-state index is 14.9. The number of rotatable bonds is 15. The SMILES string of the molecule is Cc1cccc(C(C(=O)NC(Cc2ccccc2)C(=O)OC(C)(C)C)N(C(=O)C(CC(C)C)NC(=O)OC(C)(C)C)C(C)CCC(C)C)c1O. The number of ether oxygens (including phenoxy) is 2. The summed E-state index contributed by atoms with van der Waals surface area (Å²) in [4.78, 5) is 57.8. The van der Waals surface area contributed by atoms with Gasteiger partial charge in [-0.25, -0.2) is 9.59 Å². The molecule has 0 saturated carbocycles. The minimum atomic E-state index is -1.36. The zero-order valence-corrected chi connectivity index (χ0v) is 32.3. The molecule has 0 aliphatic heterocycles. The summed E-state index contributed by atoms with van der Waals surface area (Å²) in [6, 6.07) is 10.3. The molecule has 0 radical (unpaired) electrons. The van der Waals surface area contributed by atoms with E-state index < -0.39 is 59.2 Å². The molecule has 4 unspecified atom stereocenters. The first-order valence-corrected chi connectivity index (χ1v) is 17.8. The molecule has 0 saturated heterocycles. The van der Waals surface area contributed by atoms with Crippen LogP contribution in [-0.4, -0.2) is 63.2 Å². The van der Waals surface area contributed by atoms with Crippen LogP contribution in [-0.2, 0) is 30.3 Å². The molecule has 50 heavy (non-hydrogen) atoms. The van der Waals surface area contributed by atoms with Gasteiger partial charge in [0.05, 0.1) is 0 Å². The Morgan fingerprint density at radius 2 is 1.36 bits per heavy atom. The number of hydrogen-bond donors (Lipinski definition) is 3. The average Bonchev–Trinajstić information content (AvgIpc) is 2.97. The molecule has 0 spiro atoms. The zero-order valence-electron chi connectivity index (χ0n) is 32.3. The molecule has 10 heteroatoms. The van der Waals surface area contributed by atoms with Crippen LogP contribution >= 0.6 is 0 Å². The molecule has 10 nitrogen and oxygen atoms in total. The first-order valence-electron chi connectivity index (χ1n) is 17.8. The second kappa shape index (κ2) is 18.2. The molecular formula is C40H61N3O7. The van der Waals surface area contributed by atoms with Crippen molar-refractivity contribution in [1.29, 1.82) is 0 Å². The molecular weight excluding hydrogens is 634 g/mol. The van der Waals surface area contributed by atoms with Crippen LogP contribution in [0.1, 0.15) is 118 Å². The third-order valence-corrected chi connectivity index (χ3v) is 7.97. The van der Waals surface area contributed by atoms with Gasteiger partial charge in [0, 0.05) is 18.0 Å². The molecule has 4 atom stereocenters. The van der Waals surface area contributed by atoms with Crippen LogP contribution in [0.5, 0.6) is 5.75 Å². The average molecular weight is 696 g/mol. The van der Waals surface area contributed by atoms with Crippen LogP contribution in [0.25, 0.3) is 0 Å². The van der Waals surface area contributed by atoms with E-state index in [1.807, 2.05) is 51.1 Å². The Hall–Kier alpha value is -4.08. The molecule has 278 valence electrons. The Morgan fingerprint density at radius 1 is 0.760 bits per heavy atom. The van der Waals surface area contributed by atoms with Crippen molar-refractivity contribution in [2.75, 3.05) is 0 Å². The van der Waals surface area contributed by atoms with Crippen LogP contribution in [0.3, 0.4) is 0 Å². The van der Waals surface area contributed by atoms with Crippen molar-refractivity contribution in [2.45, 2.75) is 144 Å². The van der Waals surface area contributed by atoms with Gasteiger partial charge in [-0.1, -0.05) is 76.2 Å². The Kier molecular flexibility index (Phi) is 15.4. The van der Waals surface area contributed by atoms with Crippen molar-refractivity contribution in [3.05, 3.63) is 65.2 Å². The summed E-state index contributed by atoms with van der Waals surface area (Å²) in [5.74, 6) is -1.63. The van der Waals surface area contributed by atoms with E-state index in [-0.39, 0.29) is 30.1 Å². The van der Waals surface area contributed by atoms with Gasteiger partial charge < -0.3 is 30.1 Å². The topological polar surface area (TPSA) is 134 Å². The predicted molar refractivity (Wildman–Crippen MR) is 196 cm³/mol.